The summed E-state index contributed by atoms with van der Waals surface area (Å²) in [6.07, 6.45) is 0. The third kappa shape index (κ3) is 5.10. The molecule has 1 N–H and O–H groups in total. The van der Waals surface area contributed by atoms with E-state index in [0.717, 1.165) is 22.6 Å². The number of aryl methyl sites for hydroxylation is 1. The molecule has 0 radical (unpaired) electrons. The monoisotopic (exact) mass is 326 g/mol. The molecule has 0 spiro atoms. The Morgan fingerprint density at radius 1 is 1.12 bits per heavy atom. The van der Waals surface area contributed by atoms with Crippen LogP contribution in [0.3, 0.4) is 0 Å². The lowest BCUT2D eigenvalue weighted by Gasteiger charge is -2.17. The molecule has 0 fully saturated rings. The molecule has 0 aliphatic carbocycles. The number of amides is 1. The molecule has 4 nitrogen and oxygen atoms in total. The Morgan fingerprint density at radius 3 is 2.50 bits per heavy atom. The summed E-state index contributed by atoms with van der Waals surface area (Å²) in [5.41, 5.74) is 4.32. The molecule has 0 heterocycles. The van der Waals surface area contributed by atoms with Crippen molar-refractivity contribution in [2.45, 2.75) is 27.3 Å². The first kappa shape index (κ1) is 18.0. The van der Waals surface area contributed by atoms with Gasteiger partial charge in [0.1, 0.15) is 5.75 Å². The van der Waals surface area contributed by atoms with E-state index in [1.165, 1.54) is 5.56 Å². The fourth-order valence-electron chi connectivity index (χ4n) is 2.55. The molecular weight excluding hydrogens is 300 g/mol. The van der Waals surface area contributed by atoms with Crippen LogP contribution >= 0.6 is 0 Å². The normalized spacial score (nSPS) is 10.7. The van der Waals surface area contributed by atoms with E-state index in [1.807, 2.05) is 75.2 Å². The van der Waals surface area contributed by atoms with Crippen molar-refractivity contribution in [2.24, 2.45) is 0 Å². The predicted octanol–water partition coefficient (Wildman–Crippen LogP) is 3.77. The van der Waals surface area contributed by atoms with Gasteiger partial charge in [0, 0.05) is 12.2 Å². The number of ether oxygens (including phenoxy) is 1. The fraction of sp³-hybridized carbons (Fsp3) is 0.350. The molecule has 0 saturated carbocycles. The average Bonchev–Trinajstić information content (AvgIpc) is 2.54. The highest BCUT2D eigenvalue weighted by molar-refractivity contribution is 5.93. The Bertz CT molecular complexity index is 681. The van der Waals surface area contributed by atoms with Gasteiger partial charge < -0.3 is 10.1 Å². The average molecular weight is 326 g/mol. The van der Waals surface area contributed by atoms with Crippen molar-refractivity contribution in [1.29, 1.82) is 0 Å². The lowest BCUT2D eigenvalue weighted by Crippen LogP contribution is -2.30. The summed E-state index contributed by atoms with van der Waals surface area (Å²) in [7, 11) is 1.94. The van der Waals surface area contributed by atoms with Gasteiger partial charge >= 0.3 is 0 Å². The number of carbonyl (C=O) groups excluding carboxylic acids is 1. The third-order valence-electron chi connectivity index (χ3n) is 3.98. The first-order chi connectivity index (χ1) is 11.5. The minimum absolute atomic E-state index is 0.00265. The van der Waals surface area contributed by atoms with Crippen LogP contribution in [0.2, 0.25) is 0 Å². The smallest absolute Gasteiger partial charge is 0.238 e. The topological polar surface area (TPSA) is 41.6 Å². The predicted molar refractivity (Wildman–Crippen MR) is 98.5 cm³/mol. The Kier molecular flexibility index (Phi) is 6.38. The largest absolute Gasteiger partial charge is 0.494 e. The SMILES string of the molecule is CCOc1ccc(CN(C)CC(=O)Nc2cccc(C)c2C)cc1. The second-order valence-electron chi connectivity index (χ2n) is 6.04. The van der Waals surface area contributed by atoms with E-state index < -0.39 is 0 Å². The molecule has 0 saturated heterocycles. The van der Waals surface area contributed by atoms with E-state index in [4.69, 9.17) is 4.74 Å². The van der Waals surface area contributed by atoms with Crippen LogP contribution in [0.15, 0.2) is 42.5 Å². The molecule has 2 rings (SSSR count). The van der Waals surface area contributed by atoms with E-state index in [2.05, 4.69) is 5.32 Å². The molecular formula is C20H26N2O2. The summed E-state index contributed by atoms with van der Waals surface area (Å²) in [6.45, 7) is 7.76. The quantitative estimate of drug-likeness (QED) is 0.842. The molecule has 4 heteroatoms. The van der Waals surface area contributed by atoms with Crippen LogP contribution in [-0.2, 0) is 11.3 Å². The summed E-state index contributed by atoms with van der Waals surface area (Å²) >= 11 is 0. The fourth-order valence-corrected chi connectivity index (χ4v) is 2.55. The highest BCUT2D eigenvalue weighted by atomic mass is 16.5. The van der Waals surface area contributed by atoms with Crippen molar-refractivity contribution >= 4 is 11.6 Å². The summed E-state index contributed by atoms with van der Waals surface area (Å²) in [5.74, 6) is 0.869. The van der Waals surface area contributed by atoms with Crippen LogP contribution in [0.25, 0.3) is 0 Å². The van der Waals surface area contributed by atoms with Crippen molar-refractivity contribution in [2.75, 3.05) is 25.5 Å². The molecule has 24 heavy (non-hydrogen) atoms. The number of likely N-dealkylation sites (N-methyl/N-ethyl adjacent to an activating group) is 1. The molecule has 0 aliphatic heterocycles. The maximum Gasteiger partial charge on any atom is 0.238 e. The van der Waals surface area contributed by atoms with Gasteiger partial charge in [-0.25, -0.2) is 0 Å². The van der Waals surface area contributed by atoms with Crippen LogP contribution in [0.5, 0.6) is 5.75 Å². The van der Waals surface area contributed by atoms with Gasteiger partial charge in [0.25, 0.3) is 0 Å². The maximum absolute atomic E-state index is 12.2. The van der Waals surface area contributed by atoms with Gasteiger partial charge in [-0.1, -0.05) is 24.3 Å². The zero-order valence-electron chi connectivity index (χ0n) is 14.9. The second kappa shape index (κ2) is 8.50. The number of rotatable bonds is 7. The molecule has 0 aromatic heterocycles. The van der Waals surface area contributed by atoms with Crippen LogP contribution < -0.4 is 10.1 Å². The Morgan fingerprint density at radius 2 is 1.83 bits per heavy atom. The third-order valence-corrected chi connectivity index (χ3v) is 3.98. The Balaban J connectivity index is 1.88. The number of carbonyl (C=O) groups is 1. The minimum atomic E-state index is -0.00265. The Hall–Kier alpha value is -2.33. The molecule has 0 unspecified atom stereocenters. The van der Waals surface area contributed by atoms with Crippen molar-refractivity contribution in [3.05, 3.63) is 59.2 Å². The maximum atomic E-state index is 12.2. The van der Waals surface area contributed by atoms with Gasteiger partial charge in [0.2, 0.25) is 5.91 Å². The van der Waals surface area contributed by atoms with Gasteiger partial charge in [0.05, 0.1) is 13.2 Å². The highest BCUT2D eigenvalue weighted by Crippen LogP contribution is 2.18. The molecule has 0 atom stereocenters. The summed E-state index contributed by atoms with van der Waals surface area (Å²) < 4.78 is 5.44. The molecule has 1 amide bonds. The first-order valence-corrected chi connectivity index (χ1v) is 8.26. The van der Waals surface area contributed by atoms with E-state index >= 15 is 0 Å². The van der Waals surface area contributed by atoms with Crippen molar-refractivity contribution in [3.8, 4) is 5.75 Å². The molecule has 2 aromatic rings. The van der Waals surface area contributed by atoms with Crippen LogP contribution in [0.1, 0.15) is 23.6 Å². The zero-order valence-corrected chi connectivity index (χ0v) is 14.9. The number of nitrogens with one attached hydrogen (secondary N) is 1. The lowest BCUT2D eigenvalue weighted by molar-refractivity contribution is -0.117. The standard InChI is InChI=1S/C20H26N2O2/c1-5-24-18-11-9-17(10-12-18)13-22(4)14-20(23)21-19-8-6-7-15(2)16(19)3/h6-12H,5,13-14H2,1-4H3,(H,21,23). The first-order valence-electron chi connectivity index (χ1n) is 8.26. The van der Waals surface area contributed by atoms with Crippen LogP contribution in [0, 0.1) is 13.8 Å². The zero-order chi connectivity index (χ0) is 17.5. The number of hydrogen-bond donors (Lipinski definition) is 1. The van der Waals surface area contributed by atoms with Gasteiger partial charge in [-0.15, -0.1) is 0 Å². The summed E-state index contributed by atoms with van der Waals surface area (Å²) in [4.78, 5) is 14.2. The van der Waals surface area contributed by atoms with Gasteiger partial charge in [-0.2, -0.15) is 0 Å². The number of hydrogen-bond acceptors (Lipinski definition) is 3. The van der Waals surface area contributed by atoms with Crippen molar-refractivity contribution in [1.82, 2.24) is 4.90 Å². The molecule has 0 bridgehead atoms. The minimum Gasteiger partial charge on any atom is -0.494 e. The highest BCUT2D eigenvalue weighted by Gasteiger charge is 2.09. The van der Waals surface area contributed by atoms with E-state index in [0.29, 0.717) is 19.7 Å². The number of nitrogens with zero attached hydrogens (tertiary/aromatic N) is 1. The second-order valence-corrected chi connectivity index (χ2v) is 6.04. The van der Waals surface area contributed by atoms with Crippen molar-refractivity contribution < 1.29 is 9.53 Å². The van der Waals surface area contributed by atoms with Gasteiger partial charge in [0.15, 0.2) is 0 Å². The Labute approximate surface area is 144 Å². The van der Waals surface area contributed by atoms with Gasteiger partial charge in [-0.05, 0) is 62.7 Å². The van der Waals surface area contributed by atoms with E-state index in [-0.39, 0.29) is 5.91 Å². The summed E-state index contributed by atoms with van der Waals surface area (Å²) in [6, 6.07) is 13.9. The molecule has 2 aromatic carbocycles. The summed E-state index contributed by atoms with van der Waals surface area (Å²) in [5, 5.41) is 2.99. The van der Waals surface area contributed by atoms with E-state index in [1.54, 1.807) is 0 Å². The van der Waals surface area contributed by atoms with Crippen LogP contribution in [-0.4, -0.2) is 31.0 Å². The van der Waals surface area contributed by atoms with E-state index in [9.17, 15) is 4.79 Å². The molecule has 0 aliphatic rings. The molecule has 128 valence electrons. The lowest BCUT2D eigenvalue weighted by atomic mass is 10.1. The van der Waals surface area contributed by atoms with Crippen LogP contribution in [0.4, 0.5) is 5.69 Å². The number of benzene rings is 2. The number of anilines is 1. The van der Waals surface area contributed by atoms with Crippen molar-refractivity contribution in [3.63, 3.8) is 0 Å². The van der Waals surface area contributed by atoms with Gasteiger partial charge in [-0.3, -0.25) is 9.69 Å².